The SMILES string of the molecule is CCOc1ccccc1/C=C/C(=O)c1ccc2c(c1)NC(=O)CO2. The fourth-order valence-electron chi connectivity index (χ4n) is 2.40. The summed E-state index contributed by atoms with van der Waals surface area (Å²) >= 11 is 0. The molecule has 1 aliphatic rings. The second-order valence-electron chi connectivity index (χ2n) is 5.22. The molecule has 5 heteroatoms. The maximum Gasteiger partial charge on any atom is 0.262 e. The standard InChI is InChI=1S/C19H17NO4/c1-2-23-17-6-4-3-5-13(17)7-9-16(21)14-8-10-18-15(11-14)20-19(22)12-24-18/h3-11H,2,12H2,1H3,(H,20,22)/b9-7+. The van der Waals surface area contributed by atoms with Crippen molar-refractivity contribution in [3.8, 4) is 11.5 Å². The molecule has 0 spiro atoms. The van der Waals surface area contributed by atoms with Gasteiger partial charge in [0.2, 0.25) is 0 Å². The zero-order chi connectivity index (χ0) is 16.9. The number of allylic oxidation sites excluding steroid dienone is 1. The second kappa shape index (κ2) is 7.00. The smallest absolute Gasteiger partial charge is 0.262 e. The number of hydrogen-bond acceptors (Lipinski definition) is 4. The number of carbonyl (C=O) groups excluding carboxylic acids is 2. The predicted octanol–water partition coefficient (Wildman–Crippen LogP) is 3.31. The Labute approximate surface area is 139 Å². The van der Waals surface area contributed by atoms with E-state index in [1.807, 2.05) is 31.2 Å². The van der Waals surface area contributed by atoms with Crippen LogP contribution in [0.1, 0.15) is 22.8 Å². The van der Waals surface area contributed by atoms with Crippen LogP contribution in [0.25, 0.3) is 6.08 Å². The summed E-state index contributed by atoms with van der Waals surface area (Å²) in [5, 5.41) is 2.69. The minimum Gasteiger partial charge on any atom is -0.493 e. The van der Waals surface area contributed by atoms with Crippen LogP contribution in [0.3, 0.4) is 0 Å². The van der Waals surface area contributed by atoms with Crippen molar-refractivity contribution in [2.75, 3.05) is 18.5 Å². The highest BCUT2D eigenvalue weighted by molar-refractivity contribution is 6.08. The minimum absolute atomic E-state index is 0.00555. The van der Waals surface area contributed by atoms with Crippen molar-refractivity contribution in [3.05, 3.63) is 59.7 Å². The van der Waals surface area contributed by atoms with Gasteiger partial charge in [0.15, 0.2) is 12.4 Å². The molecule has 5 nitrogen and oxygen atoms in total. The van der Waals surface area contributed by atoms with E-state index in [9.17, 15) is 9.59 Å². The maximum absolute atomic E-state index is 12.4. The summed E-state index contributed by atoms with van der Waals surface area (Å²) in [6.45, 7) is 2.47. The van der Waals surface area contributed by atoms with E-state index in [-0.39, 0.29) is 18.3 Å². The molecule has 0 fully saturated rings. The molecule has 0 saturated carbocycles. The van der Waals surface area contributed by atoms with Crippen LogP contribution in [0.4, 0.5) is 5.69 Å². The first-order valence-corrected chi connectivity index (χ1v) is 7.68. The number of amides is 1. The van der Waals surface area contributed by atoms with E-state index < -0.39 is 0 Å². The van der Waals surface area contributed by atoms with Gasteiger partial charge in [-0.1, -0.05) is 18.2 Å². The monoisotopic (exact) mass is 323 g/mol. The summed E-state index contributed by atoms with van der Waals surface area (Å²) in [5.41, 5.74) is 1.83. The number of carbonyl (C=O) groups is 2. The molecule has 2 aromatic carbocycles. The van der Waals surface area contributed by atoms with Crippen molar-refractivity contribution in [2.45, 2.75) is 6.92 Å². The summed E-state index contributed by atoms with van der Waals surface area (Å²) in [4.78, 5) is 23.7. The molecular formula is C19H17NO4. The zero-order valence-electron chi connectivity index (χ0n) is 13.2. The number of hydrogen-bond donors (Lipinski definition) is 1. The van der Waals surface area contributed by atoms with Crippen LogP contribution >= 0.6 is 0 Å². The van der Waals surface area contributed by atoms with E-state index in [1.165, 1.54) is 6.08 Å². The largest absolute Gasteiger partial charge is 0.493 e. The highest BCUT2D eigenvalue weighted by Gasteiger charge is 2.17. The lowest BCUT2D eigenvalue weighted by molar-refractivity contribution is -0.118. The summed E-state index contributed by atoms with van der Waals surface area (Å²) in [6.07, 6.45) is 3.22. The van der Waals surface area contributed by atoms with Gasteiger partial charge in [-0.3, -0.25) is 9.59 Å². The van der Waals surface area contributed by atoms with Gasteiger partial charge >= 0.3 is 0 Å². The Kier molecular flexibility index (Phi) is 4.61. The van der Waals surface area contributed by atoms with Gasteiger partial charge in [-0.05, 0) is 43.3 Å². The summed E-state index contributed by atoms with van der Waals surface area (Å²) < 4.78 is 10.8. The van der Waals surface area contributed by atoms with E-state index in [1.54, 1.807) is 24.3 Å². The molecule has 0 atom stereocenters. The normalized spacial score (nSPS) is 13.1. The summed E-state index contributed by atoms with van der Waals surface area (Å²) in [5.74, 6) is 0.907. The fraction of sp³-hybridized carbons (Fsp3) is 0.158. The third-order valence-corrected chi connectivity index (χ3v) is 3.53. The molecule has 0 radical (unpaired) electrons. The number of benzene rings is 2. The Morgan fingerprint density at radius 3 is 2.96 bits per heavy atom. The third-order valence-electron chi connectivity index (χ3n) is 3.53. The number of ketones is 1. The molecule has 0 aliphatic carbocycles. The molecule has 1 heterocycles. The molecule has 1 aliphatic heterocycles. The highest BCUT2D eigenvalue weighted by Crippen LogP contribution is 2.29. The first-order chi connectivity index (χ1) is 11.7. The maximum atomic E-state index is 12.4. The van der Waals surface area contributed by atoms with E-state index in [0.29, 0.717) is 23.6 Å². The lowest BCUT2D eigenvalue weighted by Crippen LogP contribution is -2.25. The van der Waals surface area contributed by atoms with Crippen LogP contribution < -0.4 is 14.8 Å². The number of rotatable bonds is 5. The average molecular weight is 323 g/mol. The minimum atomic E-state index is -0.228. The Morgan fingerprint density at radius 1 is 1.29 bits per heavy atom. The van der Waals surface area contributed by atoms with Gasteiger partial charge in [0.1, 0.15) is 11.5 Å². The van der Waals surface area contributed by atoms with E-state index in [2.05, 4.69) is 5.32 Å². The van der Waals surface area contributed by atoms with Crippen molar-refractivity contribution in [1.82, 2.24) is 0 Å². The van der Waals surface area contributed by atoms with Crippen molar-refractivity contribution in [3.63, 3.8) is 0 Å². The lowest BCUT2D eigenvalue weighted by Gasteiger charge is -2.18. The molecule has 1 N–H and O–H groups in total. The van der Waals surface area contributed by atoms with E-state index in [0.717, 1.165) is 11.3 Å². The molecule has 122 valence electrons. The van der Waals surface area contributed by atoms with Crippen LogP contribution in [-0.2, 0) is 4.79 Å². The predicted molar refractivity (Wildman–Crippen MR) is 91.5 cm³/mol. The second-order valence-corrected chi connectivity index (χ2v) is 5.22. The van der Waals surface area contributed by atoms with E-state index >= 15 is 0 Å². The van der Waals surface area contributed by atoms with Crippen molar-refractivity contribution >= 4 is 23.5 Å². The van der Waals surface area contributed by atoms with Gasteiger partial charge in [0.25, 0.3) is 5.91 Å². The number of para-hydroxylation sites is 1. The van der Waals surface area contributed by atoms with Crippen LogP contribution in [0, 0.1) is 0 Å². The van der Waals surface area contributed by atoms with Gasteiger partial charge in [-0.15, -0.1) is 0 Å². The van der Waals surface area contributed by atoms with Gasteiger partial charge in [-0.2, -0.15) is 0 Å². The number of fused-ring (bicyclic) bond motifs is 1. The first kappa shape index (κ1) is 15.8. The third kappa shape index (κ3) is 3.46. The Morgan fingerprint density at radius 2 is 2.12 bits per heavy atom. The lowest BCUT2D eigenvalue weighted by atomic mass is 10.1. The fourth-order valence-corrected chi connectivity index (χ4v) is 2.40. The quantitative estimate of drug-likeness (QED) is 0.677. The van der Waals surface area contributed by atoms with Crippen molar-refractivity contribution in [1.29, 1.82) is 0 Å². The van der Waals surface area contributed by atoms with Gasteiger partial charge in [-0.25, -0.2) is 0 Å². The van der Waals surface area contributed by atoms with E-state index in [4.69, 9.17) is 9.47 Å². The molecule has 0 bridgehead atoms. The molecule has 0 aromatic heterocycles. The van der Waals surface area contributed by atoms with Gasteiger partial charge in [0, 0.05) is 11.1 Å². The molecule has 0 unspecified atom stereocenters. The Bertz CT molecular complexity index is 811. The highest BCUT2D eigenvalue weighted by atomic mass is 16.5. The van der Waals surface area contributed by atoms with Crippen LogP contribution in [0.15, 0.2) is 48.5 Å². The Hall–Kier alpha value is -3.08. The van der Waals surface area contributed by atoms with Gasteiger partial charge in [0.05, 0.1) is 12.3 Å². The molecular weight excluding hydrogens is 306 g/mol. The number of nitrogens with one attached hydrogen (secondary N) is 1. The zero-order valence-corrected chi connectivity index (χ0v) is 13.2. The summed E-state index contributed by atoms with van der Waals surface area (Å²) in [7, 11) is 0. The molecule has 1 amide bonds. The topological polar surface area (TPSA) is 64.6 Å². The molecule has 2 aromatic rings. The molecule has 24 heavy (non-hydrogen) atoms. The van der Waals surface area contributed by atoms with Crippen LogP contribution in [0.2, 0.25) is 0 Å². The Balaban J connectivity index is 1.80. The average Bonchev–Trinajstić information content (AvgIpc) is 2.60. The van der Waals surface area contributed by atoms with Crippen LogP contribution in [-0.4, -0.2) is 24.9 Å². The summed E-state index contributed by atoms with van der Waals surface area (Å²) in [6, 6.07) is 12.5. The van der Waals surface area contributed by atoms with Crippen molar-refractivity contribution < 1.29 is 19.1 Å². The van der Waals surface area contributed by atoms with Crippen LogP contribution in [0.5, 0.6) is 11.5 Å². The molecule has 0 saturated heterocycles. The first-order valence-electron chi connectivity index (χ1n) is 7.68. The van der Waals surface area contributed by atoms with Crippen molar-refractivity contribution in [2.24, 2.45) is 0 Å². The van der Waals surface area contributed by atoms with Gasteiger partial charge < -0.3 is 14.8 Å². The molecule has 3 rings (SSSR count). The number of anilines is 1. The number of ether oxygens (including phenoxy) is 2.